The molecule has 0 radical (unpaired) electrons. The van der Waals surface area contributed by atoms with Gasteiger partial charge in [-0.15, -0.1) is 0 Å². The zero-order valence-corrected chi connectivity index (χ0v) is 22.5. The van der Waals surface area contributed by atoms with E-state index in [0.29, 0.717) is 28.7 Å². The van der Waals surface area contributed by atoms with Gasteiger partial charge in [-0.05, 0) is 42.0 Å². The van der Waals surface area contributed by atoms with E-state index in [1.807, 2.05) is 24.3 Å². The third kappa shape index (κ3) is 6.13. The number of methoxy groups -OCH3 is 2. The molecule has 4 rings (SSSR count). The molecule has 1 aliphatic rings. The van der Waals surface area contributed by atoms with E-state index >= 15 is 0 Å². The van der Waals surface area contributed by atoms with E-state index in [4.69, 9.17) is 9.47 Å². The molecule has 3 aromatic rings. The van der Waals surface area contributed by atoms with Gasteiger partial charge in [-0.1, -0.05) is 57.4 Å². The van der Waals surface area contributed by atoms with Crippen LogP contribution in [-0.2, 0) is 4.79 Å². The molecule has 38 heavy (non-hydrogen) atoms. The molecule has 1 aliphatic carbocycles. The highest BCUT2D eigenvalue weighted by Crippen LogP contribution is 2.36. The molecule has 8 nitrogen and oxygen atoms in total. The van der Waals surface area contributed by atoms with Crippen LogP contribution in [0.4, 0.5) is 5.69 Å². The van der Waals surface area contributed by atoms with Gasteiger partial charge in [-0.25, -0.2) is 4.98 Å². The maximum Gasteiger partial charge on any atom is 0.279 e. The first-order valence-electron chi connectivity index (χ1n) is 13.1. The maximum absolute atomic E-state index is 14.1. The summed E-state index contributed by atoms with van der Waals surface area (Å²) in [5, 5.41) is 3.24. The predicted molar refractivity (Wildman–Crippen MR) is 147 cm³/mol. The molecule has 1 heterocycles. The molecule has 0 spiro atoms. The Morgan fingerprint density at radius 2 is 1.61 bits per heavy atom. The Morgan fingerprint density at radius 3 is 2.21 bits per heavy atom. The van der Waals surface area contributed by atoms with Gasteiger partial charge in [0.15, 0.2) is 11.5 Å². The van der Waals surface area contributed by atoms with Crippen molar-refractivity contribution in [1.29, 1.82) is 0 Å². The van der Waals surface area contributed by atoms with Crippen LogP contribution in [-0.4, -0.2) is 42.0 Å². The molecule has 0 bridgehead atoms. The van der Waals surface area contributed by atoms with Gasteiger partial charge in [-0.3, -0.25) is 19.5 Å². The lowest BCUT2D eigenvalue weighted by molar-refractivity contribution is -0.123. The number of benzene rings is 2. The summed E-state index contributed by atoms with van der Waals surface area (Å²) in [5.74, 6) is 0.626. The number of nitrogens with one attached hydrogen (secondary N) is 1. The third-order valence-electron chi connectivity index (χ3n) is 7.02. The van der Waals surface area contributed by atoms with E-state index in [0.717, 1.165) is 31.2 Å². The average Bonchev–Trinajstić information content (AvgIpc) is 2.96. The number of nitrogens with zero attached hydrogens (tertiary/aromatic N) is 3. The zero-order chi connectivity index (χ0) is 27.1. The zero-order valence-electron chi connectivity index (χ0n) is 22.5. The van der Waals surface area contributed by atoms with E-state index in [2.05, 4.69) is 29.1 Å². The number of aromatic nitrogens is 2. The molecule has 2 amide bonds. The van der Waals surface area contributed by atoms with Crippen LogP contribution in [0.15, 0.2) is 61.1 Å². The number of rotatable bonds is 9. The number of ether oxygens (including phenoxy) is 2. The Bertz CT molecular complexity index is 1220. The second-order valence-electron chi connectivity index (χ2n) is 9.87. The van der Waals surface area contributed by atoms with Crippen molar-refractivity contribution in [3.63, 3.8) is 0 Å². The highest BCUT2D eigenvalue weighted by molar-refractivity contribution is 6.09. The topological polar surface area (TPSA) is 93.7 Å². The van der Waals surface area contributed by atoms with Gasteiger partial charge in [0, 0.05) is 30.2 Å². The van der Waals surface area contributed by atoms with Gasteiger partial charge in [0.05, 0.1) is 20.4 Å². The van der Waals surface area contributed by atoms with Gasteiger partial charge >= 0.3 is 0 Å². The first-order chi connectivity index (χ1) is 18.4. The Balaban J connectivity index is 1.85. The van der Waals surface area contributed by atoms with E-state index in [1.165, 1.54) is 37.0 Å². The molecule has 0 saturated heterocycles. The SMILES string of the molecule is COc1ccc(N(C(=O)c2cnccn2)[C@H](C(=O)NC2CCCCC2)c2ccc(C(C)C)cc2)cc1OC. The van der Waals surface area contributed by atoms with Gasteiger partial charge in [-0.2, -0.15) is 0 Å². The molecule has 8 heteroatoms. The minimum absolute atomic E-state index is 0.0764. The lowest BCUT2D eigenvalue weighted by Gasteiger charge is -2.33. The molecule has 2 aromatic carbocycles. The van der Waals surface area contributed by atoms with Crippen LogP contribution in [0.5, 0.6) is 11.5 Å². The summed E-state index contributed by atoms with van der Waals surface area (Å²) in [7, 11) is 3.09. The summed E-state index contributed by atoms with van der Waals surface area (Å²) in [6.45, 7) is 4.24. The molecule has 1 fully saturated rings. The van der Waals surface area contributed by atoms with Gasteiger partial charge in [0.25, 0.3) is 5.91 Å². The summed E-state index contributed by atoms with van der Waals surface area (Å²) in [6, 6.07) is 12.2. The van der Waals surface area contributed by atoms with Crippen LogP contribution in [0, 0.1) is 0 Å². The second-order valence-corrected chi connectivity index (χ2v) is 9.87. The Hall–Kier alpha value is -3.94. The lowest BCUT2D eigenvalue weighted by Crippen LogP contribution is -2.47. The molecule has 200 valence electrons. The van der Waals surface area contributed by atoms with Gasteiger partial charge in [0.1, 0.15) is 11.7 Å². The van der Waals surface area contributed by atoms with Crippen molar-refractivity contribution in [1.82, 2.24) is 15.3 Å². The quantitative estimate of drug-likeness (QED) is 0.406. The second kappa shape index (κ2) is 12.5. The number of amides is 2. The third-order valence-corrected chi connectivity index (χ3v) is 7.02. The fourth-order valence-corrected chi connectivity index (χ4v) is 4.90. The minimum atomic E-state index is -0.939. The van der Waals surface area contributed by atoms with Crippen LogP contribution >= 0.6 is 0 Å². The standard InChI is InChI=1S/C30H36N4O4/c1-20(2)21-10-12-22(13-11-21)28(29(35)33-23-8-6-5-7-9-23)34(30(36)25-19-31-16-17-32-25)24-14-15-26(37-3)27(18-24)38-4/h10-20,23,28H,5-9H2,1-4H3,(H,33,35)/t28-/m0/s1. The van der Waals surface area contributed by atoms with Crippen molar-refractivity contribution < 1.29 is 19.1 Å². The molecule has 0 aliphatic heterocycles. The minimum Gasteiger partial charge on any atom is -0.493 e. The number of carbonyl (C=O) groups is 2. The Kier molecular flexibility index (Phi) is 8.94. The largest absolute Gasteiger partial charge is 0.493 e. The molecule has 1 saturated carbocycles. The summed E-state index contributed by atoms with van der Waals surface area (Å²) in [5.41, 5.74) is 2.47. The van der Waals surface area contributed by atoms with Crippen molar-refractivity contribution in [2.24, 2.45) is 0 Å². The smallest absolute Gasteiger partial charge is 0.279 e. The first kappa shape index (κ1) is 27.1. The summed E-state index contributed by atoms with van der Waals surface area (Å²) >= 11 is 0. The Labute approximate surface area is 224 Å². The van der Waals surface area contributed by atoms with E-state index < -0.39 is 11.9 Å². The van der Waals surface area contributed by atoms with Crippen LogP contribution < -0.4 is 19.7 Å². The highest BCUT2D eigenvalue weighted by atomic mass is 16.5. The van der Waals surface area contributed by atoms with Crippen LogP contribution in [0.2, 0.25) is 0 Å². The van der Waals surface area contributed by atoms with Crippen molar-refractivity contribution in [2.75, 3.05) is 19.1 Å². The maximum atomic E-state index is 14.1. The van der Waals surface area contributed by atoms with Crippen molar-refractivity contribution in [3.8, 4) is 11.5 Å². The number of anilines is 1. The van der Waals surface area contributed by atoms with E-state index in [1.54, 1.807) is 25.3 Å². The molecule has 1 N–H and O–H groups in total. The van der Waals surface area contributed by atoms with E-state index in [9.17, 15) is 9.59 Å². The fraction of sp³-hybridized carbons (Fsp3) is 0.400. The predicted octanol–water partition coefficient (Wildman–Crippen LogP) is 5.45. The summed E-state index contributed by atoms with van der Waals surface area (Å²) in [6.07, 6.45) is 9.58. The van der Waals surface area contributed by atoms with Gasteiger partial charge < -0.3 is 14.8 Å². The Morgan fingerprint density at radius 1 is 0.921 bits per heavy atom. The van der Waals surface area contributed by atoms with Crippen LogP contribution in [0.3, 0.4) is 0 Å². The monoisotopic (exact) mass is 516 g/mol. The molecule has 1 aromatic heterocycles. The van der Waals surface area contributed by atoms with Gasteiger partial charge in [0.2, 0.25) is 5.91 Å². The number of carbonyl (C=O) groups excluding carboxylic acids is 2. The molecular weight excluding hydrogens is 480 g/mol. The molecule has 1 atom stereocenters. The highest BCUT2D eigenvalue weighted by Gasteiger charge is 2.35. The van der Waals surface area contributed by atoms with E-state index in [-0.39, 0.29) is 17.6 Å². The normalized spacial score (nSPS) is 14.6. The summed E-state index contributed by atoms with van der Waals surface area (Å²) in [4.78, 5) is 37.9. The van der Waals surface area contributed by atoms with Crippen LogP contribution in [0.25, 0.3) is 0 Å². The fourth-order valence-electron chi connectivity index (χ4n) is 4.90. The van der Waals surface area contributed by atoms with Crippen molar-refractivity contribution in [3.05, 3.63) is 77.9 Å². The lowest BCUT2D eigenvalue weighted by atomic mass is 9.94. The van der Waals surface area contributed by atoms with Crippen LogP contribution in [0.1, 0.15) is 79.5 Å². The first-order valence-corrected chi connectivity index (χ1v) is 13.1. The van der Waals surface area contributed by atoms with Crippen molar-refractivity contribution >= 4 is 17.5 Å². The number of hydrogen-bond acceptors (Lipinski definition) is 6. The number of hydrogen-bond donors (Lipinski definition) is 1. The molecular formula is C30H36N4O4. The molecule has 0 unspecified atom stereocenters. The summed E-state index contributed by atoms with van der Waals surface area (Å²) < 4.78 is 10.9. The average molecular weight is 517 g/mol. The van der Waals surface area contributed by atoms with Crippen molar-refractivity contribution in [2.45, 2.75) is 64.0 Å².